The summed E-state index contributed by atoms with van der Waals surface area (Å²) in [5, 5.41) is 10.3. The second kappa shape index (κ2) is 18.7. The molecule has 4 heterocycles. The van der Waals surface area contributed by atoms with Crippen LogP contribution in [0.5, 0.6) is 23.0 Å². The maximum Gasteiger partial charge on any atom is 0.257 e. The standard InChI is InChI=1S/C40H51N4O7.C2H6.C2H2.Al/c1-25-16-26-21-41-29-19-35(33(48-7)17-27(29)37(46)44(26)22-25)51-24-40(4,5)12-11-39(2,3)13-15-50-36-20-31-28(18-34(36)49-8)38(47)43-14-9-10-30(43)32(23-45)42(31)6;2*1-2;/h10,16-21,26,30,32,45H,11-15,22-24H2,1-8H3;1-2H3;1-2H;/t26?,30-,32?;;;/m0.../s1. The molecule has 2 unspecified atom stereocenters. The van der Waals surface area contributed by atoms with Gasteiger partial charge in [-0.05, 0) is 49.1 Å². The first-order valence-electron chi connectivity index (χ1n) is 19.3. The van der Waals surface area contributed by atoms with Crippen molar-refractivity contribution in [3.8, 4) is 35.8 Å². The van der Waals surface area contributed by atoms with Crippen molar-refractivity contribution in [2.45, 2.75) is 85.9 Å². The van der Waals surface area contributed by atoms with Crippen molar-refractivity contribution in [3.05, 3.63) is 57.6 Å². The Hall–Kier alpha value is -4.42. The number of aliphatic imine (C=N–C) groups is 1. The Bertz CT molecular complexity index is 1870. The van der Waals surface area contributed by atoms with Crippen LogP contribution in [0.1, 0.15) is 88.4 Å². The van der Waals surface area contributed by atoms with E-state index in [0.717, 1.165) is 29.3 Å². The zero-order chi connectivity index (χ0) is 41.5. The highest BCUT2D eigenvalue weighted by atomic mass is 27.0. The van der Waals surface area contributed by atoms with E-state index in [0.29, 0.717) is 71.8 Å². The summed E-state index contributed by atoms with van der Waals surface area (Å²) in [6, 6.07) is 6.54. The molecule has 4 aliphatic rings. The van der Waals surface area contributed by atoms with Crippen LogP contribution in [0, 0.1) is 23.7 Å². The van der Waals surface area contributed by atoms with Crippen molar-refractivity contribution in [3.63, 3.8) is 0 Å². The predicted octanol–water partition coefficient (Wildman–Crippen LogP) is 6.83. The first-order valence-corrected chi connectivity index (χ1v) is 19.9. The fourth-order valence-electron chi connectivity index (χ4n) is 7.40. The number of anilines is 1. The minimum Gasteiger partial charge on any atom is -0.493 e. The van der Waals surface area contributed by atoms with Crippen molar-refractivity contribution in [2.24, 2.45) is 15.8 Å². The van der Waals surface area contributed by atoms with E-state index in [1.165, 1.54) is 0 Å². The van der Waals surface area contributed by atoms with Crippen LogP contribution in [0.3, 0.4) is 0 Å². The van der Waals surface area contributed by atoms with Crippen LogP contribution in [0.4, 0.5) is 11.4 Å². The quantitative estimate of drug-likeness (QED) is 0.134. The molecule has 4 aliphatic heterocycles. The molecule has 1 N–H and O–H groups in total. The fraction of sp³-hybridized carbons (Fsp3) is 0.523. The summed E-state index contributed by atoms with van der Waals surface area (Å²) in [4.78, 5) is 37.3. The number of carbonyl (C=O) groups excluding carboxylic acids is 2. The Morgan fingerprint density at radius 1 is 0.839 bits per heavy atom. The van der Waals surface area contributed by atoms with Crippen LogP contribution in [0.25, 0.3) is 0 Å². The second-order valence-corrected chi connectivity index (χ2v) is 16.7. The van der Waals surface area contributed by atoms with E-state index in [4.69, 9.17) is 18.9 Å². The molecular formula is C44H59AlN4O7. The first-order chi connectivity index (χ1) is 26.6. The third-order valence-electron chi connectivity index (χ3n) is 10.8. The number of ether oxygens (including phenoxy) is 4. The molecule has 0 saturated carbocycles. The molecule has 0 aliphatic carbocycles. The van der Waals surface area contributed by atoms with Gasteiger partial charge in [0.05, 0.1) is 74.7 Å². The summed E-state index contributed by atoms with van der Waals surface area (Å²) in [5.74, 6) is 2.00. The highest BCUT2D eigenvalue weighted by molar-refractivity contribution is 6.22. The molecule has 2 radical (unpaired) electrons. The van der Waals surface area contributed by atoms with E-state index >= 15 is 0 Å². The number of likely N-dealkylation sites (N-methyl/N-ethyl adjacent to an activating group) is 1. The monoisotopic (exact) mass is 782 g/mol. The lowest BCUT2D eigenvalue weighted by atomic mass is 9.78. The summed E-state index contributed by atoms with van der Waals surface area (Å²) >= 11 is 2.69. The van der Waals surface area contributed by atoms with Gasteiger partial charge in [0, 0.05) is 38.5 Å². The number of rotatable bonds is 13. The van der Waals surface area contributed by atoms with Crippen LogP contribution in [-0.4, -0.2) is 122 Å². The number of nitrogens with zero attached hydrogens (tertiary/aromatic N) is 4. The average molecular weight is 783 g/mol. The molecular weight excluding hydrogens is 723 g/mol. The minimum atomic E-state index is -0.286. The Kier molecular flexibility index (Phi) is 14.8. The second-order valence-electron chi connectivity index (χ2n) is 16.0. The molecule has 2 aromatic carbocycles. The summed E-state index contributed by atoms with van der Waals surface area (Å²) in [6.45, 7) is 16.8. The minimum absolute atomic E-state index is 0.0328. The molecule has 2 amide bonds. The van der Waals surface area contributed by atoms with Crippen LogP contribution in [0.2, 0.25) is 0 Å². The van der Waals surface area contributed by atoms with Gasteiger partial charge in [0.2, 0.25) is 0 Å². The molecule has 12 heteroatoms. The van der Waals surface area contributed by atoms with Gasteiger partial charge < -0.3 is 38.8 Å². The number of aliphatic hydroxyl groups is 1. The number of aliphatic hydroxyl groups excluding tert-OH is 1. The molecule has 3 atom stereocenters. The van der Waals surface area contributed by atoms with Crippen molar-refractivity contribution in [1.29, 1.82) is 0 Å². The van der Waals surface area contributed by atoms with Crippen molar-refractivity contribution in [2.75, 3.05) is 59.1 Å². The zero-order valence-electron chi connectivity index (χ0n) is 34.8. The maximum absolute atomic E-state index is 13.7. The van der Waals surface area contributed by atoms with Crippen LogP contribution < -0.4 is 23.8 Å². The Labute approximate surface area is 342 Å². The van der Waals surface area contributed by atoms with E-state index in [1.807, 2.05) is 66.9 Å². The number of methoxy groups -OCH3 is 2. The highest BCUT2D eigenvalue weighted by Gasteiger charge is 2.41. The Morgan fingerprint density at radius 2 is 1.45 bits per heavy atom. The molecule has 0 spiro atoms. The van der Waals surface area contributed by atoms with E-state index in [2.05, 4.69) is 67.9 Å². The summed E-state index contributed by atoms with van der Waals surface area (Å²) in [5.41, 5.74) is 3.31. The van der Waals surface area contributed by atoms with Crippen LogP contribution >= 0.6 is 0 Å². The van der Waals surface area contributed by atoms with E-state index in [-0.39, 0.29) is 47.4 Å². The molecule has 0 bridgehead atoms. The summed E-state index contributed by atoms with van der Waals surface area (Å²) < 4.78 is 25.1. The molecule has 0 saturated heterocycles. The van der Waals surface area contributed by atoms with Crippen molar-refractivity contribution in [1.82, 2.24) is 9.80 Å². The van der Waals surface area contributed by atoms with Gasteiger partial charge in [-0.2, -0.15) is 0 Å². The van der Waals surface area contributed by atoms with Gasteiger partial charge in [0.25, 0.3) is 11.8 Å². The maximum atomic E-state index is 13.7. The van der Waals surface area contributed by atoms with Gasteiger partial charge >= 0.3 is 0 Å². The van der Waals surface area contributed by atoms with E-state index in [9.17, 15) is 14.7 Å². The molecule has 11 nitrogen and oxygen atoms in total. The fourth-order valence-corrected chi connectivity index (χ4v) is 7.80. The molecule has 56 heavy (non-hydrogen) atoms. The van der Waals surface area contributed by atoms with E-state index in [1.54, 1.807) is 26.4 Å². The van der Waals surface area contributed by atoms with Gasteiger partial charge in [-0.15, -0.1) is 17.3 Å². The molecule has 0 aromatic heterocycles. The number of carbonyl (C=O) groups is 2. The number of hydrogen-bond donors (Lipinski definition) is 1. The Morgan fingerprint density at radius 3 is 2.09 bits per heavy atom. The lowest BCUT2D eigenvalue weighted by molar-refractivity contribution is 0.0724. The third kappa shape index (κ3) is 9.57. The Balaban J connectivity index is 0.00000169. The van der Waals surface area contributed by atoms with Gasteiger partial charge in [-0.1, -0.05) is 59.3 Å². The smallest absolute Gasteiger partial charge is 0.257 e. The van der Waals surface area contributed by atoms with Gasteiger partial charge in [-0.25, -0.2) is 0 Å². The topological polar surface area (TPSA) is 113 Å². The molecule has 2 aromatic rings. The molecule has 300 valence electrons. The van der Waals surface area contributed by atoms with E-state index < -0.39 is 0 Å². The van der Waals surface area contributed by atoms with Gasteiger partial charge in [0.15, 0.2) is 39.3 Å². The number of fused-ring (bicyclic) bond motifs is 4. The van der Waals surface area contributed by atoms with Crippen molar-refractivity contribution < 1.29 is 33.6 Å². The lowest BCUT2D eigenvalue weighted by Gasteiger charge is -2.33. The normalized spacial score (nSPS) is 19.7. The molecule has 6 rings (SSSR count). The number of benzene rings is 2. The van der Waals surface area contributed by atoms with Gasteiger partial charge in [0.1, 0.15) is 0 Å². The SMILES string of the molecule is C#C.CC.COc1cc2c(cc1OCCC(C)(C)CCC(C)(C)COc1cc3c(cc1OC)C(=O)N1CC(C)=CC1C=N3)N(C)C(CO)[C@@H]1C=[C]([Al])CN1C2=O. The van der Waals surface area contributed by atoms with Crippen LogP contribution in [0.15, 0.2) is 51.4 Å². The predicted molar refractivity (Wildman–Crippen MR) is 224 cm³/mol. The zero-order valence-corrected chi connectivity index (χ0v) is 36.0. The average Bonchev–Trinajstić information content (AvgIpc) is 3.72. The largest absolute Gasteiger partial charge is 0.493 e. The third-order valence-corrected chi connectivity index (χ3v) is 11.2. The van der Waals surface area contributed by atoms with Crippen molar-refractivity contribution >= 4 is 45.7 Å². The number of amides is 2. The van der Waals surface area contributed by atoms with Gasteiger partial charge in [-0.3, -0.25) is 14.6 Å². The number of terminal acetylenes is 1. The summed E-state index contributed by atoms with van der Waals surface area (Å²) in [7, 11) is 5.08. The lowest BCUT2D eigenvalue weighted by Crippen LogP contribution is -2.49. The van der Waals surface area contributed by atoms with Crippen LogP contribution in [-0.2, 0) is 0 Å². The first kappa shape index (κ1) is 44.3. The highest BCUT2D eigenvalue weighted by Crippen LogP contribution is 2.42. The molecule has 0 fully saturated rings. The number of hydrogen-bond acceptors (Lipinski definition) is 9. The summed E-state index contributed by atoms with van der Waals surface area (Å²) in [6.07, 6.45) is 16.6.